The maximum atomic E-state index is 13.0. The highest BCUT2D eigenvalue weighted by Gasteiger charge is 2.35. The highest BCUT2D eigenvalue weighted by Crippen LogP contribution is 2.26. The van der Waals surface area contributed by atoms with E-state index in [1.165, 1.54) is 0 Å². The molecule has 5 heteroatoms. The molecule has 1 N–H and O–H groups in total. The van der Waals surface area contributed by atoms with Crippen LogP contribution in [0.15, 0.2) is 36.5 Å². The summed E-state index contributed by atoms with van der Waals surface area (Å²) in [7, 11) is 3.36. The van der Waals surface area contributed by atoms with Gasteiger partial charge in [0.1, 0.15) is 11.8 Å². The molecule has 0 saturated heterocycles. The number of carbonyl (C=O) groups excluding carboxylic acids is 1. The number of fused-ring (bicyclic) bond motifs is 1. The number of hydrogen-bond acceptors (Lipinski definition) is 4. The molecular formula is C19H24N2O3. The monoisotopic (exact) mass is 328 g/mol. The van der Waals surface area contributed by atoms with Crippen LogP contribution in [0.5, 0.6) is 0 Å². The van der Waals surface area contributed by atoms with Crippen LogP contribution in [0.25, 0.3) is 10.8 Å². The number of benzene rings is 1. The van der Waals surface area contributed by atoms with E-state index in [-0.39, 0.29) is 18.1 Å². The van der Waals surface area contributed by atoms with Gasteiger partial charge in [0.15, 0.2) is 0 Å². The number of aliphatic hydroxyl groups excluding tert-OH is 1. The van der Waals surface area contributed by atoms with Gasteiger partial charge in [-0.1, -0.05) is 37.1 Å². The third-order valence-corrected chi connectivity index (χ3v) is 5.01. The molecule has 0 unspecified atom stereocenters. The standard InChI is InChI=1S/C19H24N2O3/c1-21(15-9-5-6-10-16(24-2)18(15)22)19(23)17-14-8-4-3-7-13(14)11-12-20-17/h3-4,7-8,11-12,15-16,18,22H,5-6,9-10H2,1-2H3/t15-,16-,18-/m1/s1. The van der Waals surface area contributed by atoms with Gasteiger partial charge in [0.25, 0.3) is 5.91 Å². The summed E-state index contributed by atoms with van der Waals surface area (Å²) in [5, 5.41) is 12.5. The molecule has 128 valence electrons. The van der Waals surface area contributed by atoms with E-state index in [4.69, 9.17) is 4.74 Å². The Hall–Kier alpha value is -1.98. The first-order valence-corrected chi connectivity index (χ1v) is 8.45. The van der Waals surface area contributed by atoms with Crippen LogP contribution in [-0.2, 0) is 4.74 Å². The Balaban J connectivity index is 1.90. The normalized spacial score (nSPS) is 24.5. The Morgan fingerprint density at radius 1 is 1.25 bits per heavy atom. The number of rotatable bonds is 3. The maximum absolute atomic E-state index is 13.0. The molecule has 2 aromatic rings. The van der Waals surface area contributed by atoms with Crippen LogP contribution in [0, 0.1) is 0 Å². The summed E-state index contributed by atoms with van der Waals surface area (Å²) in [5.41, 5.74) is 0.431. The molecule has 0 radical (unpaired) electrons. The molecule has 0 bridgehead atoms. The van der Waals surface area contributed by atoms with E-state index in [9.17, 15) is 9.90 Å². The lowest BCUT2D eigenvalue weighted by Crippen LogP contribution is -2.49. The summed E-state index contributed by atoms with van der Waals surface area (Å²) in [6.45, 7) is 0. The zero-order valence-corrected chi connectivity index (χ0v) is 14.2. The van der Waals surface area contributed by atoms with Crippen molar-refractivity contribution >= 4 is 16.7 Å². The highest BCUT2D eigenvalue weighted by molar-refractivity contribution is 6.05. The topological polar surface area (TPSA) is 62.7 Å². The van der Waals surface area contributed by atoms with Crippen LogP contribution >= 0.6 is 0 Å². The molecule has 24 heavy (non-hydrogen) atoms. The average molecular weight is 328 g/mol. The minimum absolute atomic E-state index is 0.160. The van der Waals surface area contributed by atoms with Crippen molar-refractivity contribution in [2.75, 3.05) is 14.2 Å². The third-order valence-electron chi connectivity index (χ3n) is 5.01. The van der Waals surface area contributed by atoms with Gasteiger partial charge in [-0.2, -0.15) is 0 Å². The fourth-order valence-corrected chi connectivity index (χ4v) is 3.58. The van der Waals surface area contributed by atoms with Crippen LogP contribution in [0.1, 0.15) is 36.2 Å². The number of pyridine rings is 1. The van der Waals surface area contributed by atoms with Crippen LogP contribution in [0.2, 0.25) is 0 Å². The Morgan fingerprint density at radius 3 is 2.79 bits per heavy atom. The second-order valence-electron chi connectivity index (χ2n) is 6.41. The van der Waals surface area contributed by atoms with E-state index in [1.807, 2.05) is 30.3 Å². The van der Waals surface area contributed by atoms with Crippen LogP contribution in [0.3, 0.4) is 0 Å². The fourth-order valence-electron chi connectivity index (χ4n) is 3.58. The van der Waals surface area contributed by atoms with Crippen molar-refractivity contribution in [1.29, 1.82) is 0 Å². The van der Waals surface area contributed by atoms with E-state index in [1.54, 1.807) is 25.3 Å². The molecule has 1 fully saturated rings. The van der Waals surface area contributed by atoms with Gasteiger partial charge in [-0.05, 0) is 24.3 Å². The van der Waals surface area contributed by atoms with E-state index in [0.29, 0.717) is 5.69 Å². The van der Waals surface area contributed by atoms with Gasteiger partial charge in [0.2, 0.25) is 0 Å². The Labute approximate surface area is 142 Å². The van der Waals surface area contributed by atoms with E-state index in [0.717, 1.165) is 36.5 Å². The molecule has 1 amide bonds. The number of aromatic nitrogens is 1. The van der Waals surface area contributed by atoms with Crippen LogP contribution < -0.4 is 0 Å². The third kappa shape index (κ3) is 3.14. The lowest BCUT2D eigenvalue weighted by molar-refractivity contribution is -0.0463. The first-order chi connectivity index (χ1) is 11.6. The zero-order valence-electron chi connectivity index (χ0n) is 14.2. The minimum atomic E-state index is -0.679. The summed E-state index contributed by atoms with van der Waals surface area (Å²) < 4.78 is 5.42. The molecule has 5 nitrogen and oxygen atoms in total. The Kier molecular flexibility index (Phi) is 5.11. The molecule has 1 aromatic heterocycles. The number of hydrogen-bond donors (Lipinski definition) is 1. The van der Waals surface area contributed by atoms with Crippen molar-refractivity contribution in [3.05, 3.63) is 42.2 Å². The Morgan fingerprint density at radius 2 is 2.00 bits per heavy atom. The van der Waals surface area contributed by atoms with Crippen LogP contribution in [0.4, 0.5) is 0 Å². The largest absolute Gasteiger partial charge is 0.388 e. The number of nitrogens with zero attached hydrogens (tertiary/aromatic N) is 2. The van der Waals surface area contributed by atoms with Crippen molar-refractivity contribution in [3.8, 4) is 0 Å². The molecule has 1 saturated carbocycles. The summed E-state index contributed by atoms with van der Waals surface area (Å²) in [6.07, 6.45) is 4.32. The Bertz CT molecular complexity index is 713. The van der Waals surface area contributed by atoms with Gasteiger partial charge in [0, 0.05) is 25.7 Å². The van der Waals surface area contributed by atoms with Crippen molar-refractivity contribution in [3.63, 3.8) is 0 Å². The van der Waals surface area contributed by atoms with Gasteiger partial charge in [-0.15, -0.1) is 0 Å². The number of carbonyl (C=O) groups is 1. The summed E-state index contributed by atoms with van der Waals surface area (Å²) >= 11 is 0. The molecule has 0 aliphatic heterocycles. The first-order valence-electron chi connectivity index (χ1n) is 8.45. The van der Waals surface area contributed by atoms with Gasteiger partial charge >= 0.3 is 0 Å². The predicted octanol–water partition coefficient (Wildman–Crippen LogP) is 2.63. The van der Waals surface area contributed by atoms with Crippen molar-refractivity contribution < 1.29 is 14.6 Å². The van der Waals surface area contributed by atoms with Gasteiger partial charge in [-0.25, -0.2) is 0 Å². The van der Waals surface area contributed by atoms with Crippen molar-refractivity contribution in [2.24, 2.45) is 0 Å². The van der Waals surface area contributed by atoms with Crippen molar-refractivity contribution in [2.45, 2.75) is 43.9 Å². The summed E-state index contributed by atoms with van der Waals surface area (Å²) in [6, 6.07) is 9.36. The lowest BCUT2D eigenvalue weighted by Gasteiger charge is -2.33. The second-order valence-corrected chi connectivity index (χ2v) is 6.41. The number of ether oxygens (including phenoxy) is 1. The molecule has 1 aliphatic carbocycles. The minimum Gasteiger partial charge on any atom is -0.388 e. The fraction of sp³-hybridized carbons (Fsp3) is 0.474. The number of methoxy groups -OCH3 is 1. The summed E-state index contributed by atoms with van der Waals surface area (Å²) in [4.78, 5) is 19.0. The van der Waals surface area contributed by atoms with Gasteiger partial charge in [0.05, 0.1) is 12.1 Å². The van der Waals surface area contributed by atoms with Crippen molar-refractivity contribution in [1.82, 2.24) is 9.88 Å². The number of likely N-dealkylation sites (N-methyl/N-ethyl adjacent to an activating group) is 1. The van der Waals surface area contributed by atoms with Crippen LogP contribution in [-0.4, -0.2) is 53.3 Å². The molecule has 0 spiro atoms. The molecule has 3 rings (SSSR count). The molecule has 1 aromatic carbocycles. The predicted molar refractivity (Wildman–Crippen MR) is 92.9 cm³/mol. The molecule has 3 atom stereocenters. The average Bonchev–Trinajstić information content (AvgIpc) is 2.81. The number of aliphatic hydroxyl groups is 1. The van der Waals surface area contributed by atoms with E-state index >= 15 is 0 Å². The first kappa shape index (κ1) is 16.9. The van der Waals surface area contributed by atoms with Gasteiger partial charge < -0.3 is 14.7 Å². The smallest absolute Gasteiger partial charge is 0.273 e. The molecule has 1 heterocycles. The molecule has 1 aliphatic rings. The molecular weight excluding hydrogens is 304 g/mol. The number of amides is 1. The second kappa shape index (κ2) is 7.28. The zero-order chi connectivity index (χ0) is 17.1. The highest BCUT2D eigenvalue weighted by atomic mass is 16.5. The lowest BCUT2D eigenvalue weighted by atomic mass is 10.0. The SMILES string of the molecule is CO[C@@H]1CCCC[C@@H](N(C)C(=O)c2nccc3ccccc23)[C@H]1O. The van der Waals surface area contributed by atoms with E-state index in [2.05, 4.69) is 4.98 Å². The quantitative estimate of drug-likeness (QED) is 0.880. The maximum Gasteiger partial charge on any atom is 0.273 e. The van der Waals surface area contributed by atoms with E-state index < -0.39 is 6.10 Å². The van der Waals surface area contributed by atoms with Gasteiger partial charge in [-0.3, -0.25) is 9.78 Å². The summed E-state index contributed by atoms with van der Waals surface area (Å²) in [5.74, 6) is -0.160.